The van der Waals surface area contributed by atoms with Gasteiger partial charge in [-0.3, -0.25) is 4.90 Å². The van der Waals surface area contributed by atoms with Crippen molar-refractivity contribution in [3.63, 3.8) is 0 Å². The topological polar surface area (TPSA) is 15.3 Å². The average molecular weight is 180 g/mol. The monoisotopic (exact) mass is 180 g/mol. The van der Waals surface area contributed by atoms with E-state index in [0.717, 1.165) is 6.04 Å². The zero-order chi connectivity index (χ0) is 8.93. The van der Waals surface area contributed by atoms with E-state index in [9.17, 15) is 0 Å². The number of nitrogens with one attached hydrogen (secondary N) is 1. The molecule has 0 spiro atoms. The Kier molecular flexibility index (Phi) is 3.39. The Bertz CT molecular complexity index is 173. The molecule has 1 heterocycles. The first-order valence-corrected chi connectivity index (χ1v) is 5.56. The van der Waals surface area contributed by atoms with Crippen LogP contribution in [0.25, 0.3) is 0 Å². The quantitative estimate of drug-likeness (QED) is 0.508. The van der Waals surface area contributed by atoms with E-state index >= 15 is 0 Å². The smallest absolute Gasteiger partial charge is 0.0163 e. The minimum Gasteiger partial charge on any atom is -0.314 e. The van der Waals surface area contributed by atoms with Gasteiger partial charge in [0, 0.05) is 19.1 Å². The molecule has 0 radical (unpaired) electrons. The maximum Gasteiger partial charge on any atom is 0.0163 e. The average Bonchev–Trinajstić information content (AvgIpc) is 2.98. The van der Waals surface area contributed by atoms with Gasteiger partial charge in [0.15, 0.2) is 0 Å². The van der Waals surface area contributed by atoms with Crippen LogP contribution in [0, 0.1) is 0 Å². The molecule has 2 aliphatic rings. The van der Waals surface area contributed by atoms with Crippen LogP contribution in [-0.2, 0) is 0 Å². The van der Waals surface area contributed by atoms with Crippen LogP contribution in [0.2, 0.25) is 0 Å². The SMILES string of the molecule is C1=CCN(CCCNC2CC2)CC1. The number of rotatable bonds is 5. The highest BCUT2D eigenvalue weighted by Gasteiger charge is 2.19. The third-order valence-corrected chi connectivity index (χ3v) is 2.80. The van der Waals surface area contributed by atoms with Crippen molar-refractivity contribution in [1.29, 1.82) is 0 Å². The Labute approximate surface area is 81.0 Å². The third-order valence-electron chi connectivity index (χ3n) is 2.80. The van der Waals surface area contributed by atoms with E-state index in [2.05, 4.69) is 22.4 Å². The van der Waals surface area contributed by atoms with Gasteiger partial charge in [0.1, 0.15) is 0 Å². The van der Waals surface area contributed by atoms with Crippen molar-refractivity contribution in [2.24, 2.45) is 0 Å². The molecule has 0 unspecified atom stereocenters. The molecule has 0 amide bonds. The normalized spacial score (nSPS) is 23.7. The lowest BCUT2D eigenvalue weighted by molar-refractivity contribution is 0.293. The molecule has 13 heavy (non-hydrogen) atoms. The Hall–Kier alpha value is -0.340. The Morgan fingerprint density at radius 1 is 1.31 bits per heavy atom. The minimum atomic E-state index is 0.876. The third kappa shape index (κ3) is 3.49. The lowest BCUT2D eigenvalue weighted by Crippen LogP contribution is -2.30. The highest BCUT2D eigenvalue weighted by molar-refractivity contribution is 4.90. The fourth-order valence-electron chi connectivity index (χ4n) is 1.79. The van der Waals surface area contributed by atoms with Gasteiger partial charge in [0.2, 0.25) is 0 Å². The summed E-state index contributed by atoms with van der Waals surface area (Å²) in [6, 6.07) is 0.876. The second kappa shape index (κ2) is 4.77. The summed E-state index contributed by atoms with van der Waals surface area (Å²) < 4.78 is 0. The van der Waals surface area contributed by atoms with Gasteiger partial charge in [0.25, 0.3) is 0 Å². The highest BCUT2D eigenvalue weighted by Crippen LogP contribution is 2.18. The predicted octanol–water partition coefficient (Wildman–Crippen LogP) is 1.39. The second-order valence-corrected chi connectivity index (χ2v) is 4.14. The van der Waals surface area contributed by atoms with E-state index in [0.29, 0.717) is 0 Å². The van der Waals surface area contributed by atoms with Crippen LogP contribution in [-0.4, -0.2) is 37.1 Å². The molecule has 0 aromatic rings. The van der Waals surface area contributed by atoms with Crippen molar-refractivity contribution in [1.82, 2.24) is 10.2 Å². The maximum atomic E-state index is 3.55. The molecule has 0 aromatic heterocycles. The molecule has 1 saturated carbocycles. The van der Waals surface area contributed by atoms with Crippen molar-refractivity contribution < 1.29 is 0 Å². The summed E-state index contributed by atoms with van der Waals surface area (Å²) in [5.41, 5.74) is 0. The molecule has 0 saturated heterocycles. The van der Waals surface area contributed by atoms with Crippen LogP contribution in [0.15, 0.2) is 12.2 Å². The van der Waals surface area contributed by atoms with E-state index in [1.807, 2.05) is 0 Å². The summed E-state index contributed by atoms with van der Waals surface area (Å²) in [5.74, 6) is 0. The zero-order valence-corrected chi connectivity index (χ0v) is 8.34. The summed E-state index contributed by atoms with van der Waals surface area (Å²) in [5, 5.41) is 3.55. The molecule has 2 rings (SSSR count). The molecule has 1 fully saturated rings. The van der Waals surface area contributed by atoms with Gasteiger partial charge in [-0.2, -0.15) is 0 Å². The van der Waals surface area contributed by atoms with Crippen molar-refractivity contribution >= 4 is 0 Å². The van der Waals surface area contributed by atoms with Gasteiger partial charge in [-0.1, -0.05) is 12.2 Å². The number of hydrogen-bond donors (Lipinski definition) is 1. The van der Waals surface area contributed by atoms with E-state index in [4.69, 9.17) is 0 Å². The summed E-state index contributed by atoms with van der Waals surface area (Å²) in [7, 11) is 0. The van der Waals surface area contributed by atoms with Gasteiger partial charge in [-0.25, -0.2) is 0 Å². The summed E-state index contributed by atoms with van der Waals surface area (Å²) in [6.07, 6.45) is 9.95. The summed E-state index contributed by atoms with van der Waals surface area (Å²) in [4.78, 5) is 2.54. The van der Waals surface area contributed by atoms with E-state index in [1.165, 1.54) is 51.9 Å². The molecular weight excluding hydrogens is 160 g/mol. The van der Waals surface area contributed by atoms with Crippen molar-refractivity contribution in [3.8, 4) is 0 Å². The van der Waals surface area contributed by atoms with Gasteiger partial charge >= 0.3 is 0 Å². The van der Waals surface area contributed by atoms with Crippen LogP contribution < -0.4 is 5.32 Å². The standard InChI is InChI=1S/C11H20N2/c1-2-8-13(9-3-1)10-4-7-12-11-5-6-11/h1-2,11-12H,3-10H2. The lowest BCUT2D eigenvalue weighted by Gasteiger charge is -2.22. The van der Waals surface area contributed by atoms with Gasteiger partial charge < -0.3 is 5.32 Å². The first-order valence-electron chi connectivity index (χ1n) is 5.56. The Morgan fingerprint density at radius 3 is 2.92 bits per heavy atom. The molecular formula is C11H20N2. The predicted molar refractivity (Wildman–Crippen MR) is 55.8 cm³/mol. The Balaban J connectivity index is 1.48. The zero-order valence-electron chi connectivity index (χ0n) is 8.34. The van der Waals surface area contributed by atoms with Crippen LogP contribution in [0.1, 0.15) is 25.7 Å². The van der Waals surface area contributed by atoms with Crippen molar-refractivity contribution in [2.75, 3.05) is 26.2 Å². The largest absolute Gasteiger partial charge is 0.314 e. The Morgan fingerprint density at radius 2 is 2.23 bits per heavy atom. The minimum absolute atomic E-state index is 0.876. The lowest BCUT2D eigenvalue weighted by atomic mass is 10.2. The molecule has 2 heteroatoms. The molecule has 0 bridgehead atoms. The van der Waals surface area contributed by atoms with Gasteiger partial charge in [-0.05, 0) is 38.8 Å². The fraction of sp³-hybridized carbons (Fsp3) is 0.818. The van der Waals surface area contributed by atoms with Crippen molar-refractivity contribution in [3.05, 3.63) is 12.2 Å². The summed E-state index contributed by atoms with van der Waals surface area (Å²) in [6.45, 7) is 4.91. The van der Waals surface area contributed by atoms with E-state index in [1.54, 1.807) is 0 Å². The molecule has 0 atom stereocenters. The maximum absolute atomic E-state index is 3.55. The second-order valence-electron chi connectivity index (χ2n) is 4.14. The van der Waals surface area contributed by atoms with Gasteiger partial charge in [0.05, 0.1) is 0 Å². The highest BCUT2D eigenvalue weighted by atomic mass is 15.1. The molecule has 1 aliphatic heterocycles. The molecule has 1 aliphatic carbocycles. The molecule has 74 valence electrons. The molecule has 0 aromatic carbocycles. The number of hydrogen-bond acceptors (Lipinski definition) is 2. The van der Waals surface area contributed by atoms with Gasteiger partial charge in [-0.15, -0.1) is 0 Å². The molecule has 1 N–H and O–H groups in total. The fourth-order valence-corrected chi connectivity index (χ4v) is 1.79. The van der Waals surface area contributed by atoms with Crippen LogP contribution in [0.5, 0.6) is 0 Å². The van der Waals surface area contributed by atoms with E-state index < -0.39 is 0 Å². The van der Waals surface area contributed by atoms with Crippen LogP contribution in [0.3, 0.4) is 0 Å². The van der Waals surface area contributed by atoms with E-state index in [-0.39, 0.29) is 0 Å². The van der Waals surface area contributed by atoms with Crippen LogP contribution in [0.4, 0.5) is 0 Å². The van der Waals surface area contributed by atoms with Crippen LogP contribution >= 0.6 is 0 Å². The number of nitrogens with zero attached hydrogens (tertiary/aromatic N) is 1. The molecule has 2 nitrogen and oxygen atoms in total. The first-order chi connectivity index (χ1) is 6.45. The first kappa shape index (κ1) is 9.22. The summed E-state index contributed by atoms with van der Waals surface area (Å²) >= 11 is 0. The van der Waals surface area contributed by atoms with Crippen molar-refractivity contribution in [2.45, 2.75) is 31.7 Å².